The second kappa shape index (κ2) is 6.43. The van der Waals surface area contributed by atoms with Crippen LogP contribution >= 0.6 is 15.9 Å². The summed E-state index contributed by atoms with van der Waals surface area (Å²) >= 11 is 3.37. The summed E-state index contributed by atoms with van der Waals surface area (Å²) in [5.41, 5.74) is 0.388. The van der Waals surface area contributed by atoms with Crippen LogP contribution in [0.15, 0.2) is 31.9 Å². The van der Waals surface area contributed by atoms with Gasteiger partial charge in [0, 0.05) is 35.4 Å². The van der Waals surface area contributed by atoms with E-state index in [2.05, 4.69) is 26.6 Å². The summed E-state index contributed by atoms with van der Waals surface area (Å²) in [5, 5.41) is 16.2. The smallest absolute Gasteiger partial charge is 0.349 e. The molecule has 2 aromatic rings. The second-order valence-corrected chi connectivity index (χ2v) is 6.64. The molecule has 0 radical (unpaired) electrons. The number of β-amino-alcohol motifs (C(OH)–C–C–N with tert-alkyl or cyclic N) is 1. The first-order valence-electron chi connectivity index (χ1n) is 7.37. The van der Waals surface area contributed by atoms with E-state index in [0.717, 1.165) is 4.47 Å². The van der Waals surface area contributed by atoms with E-state index in [1.165, 1.54) is 0 Å². The molecule has 1 aromatic carbocycles. The zero-order valence-electron chi connectivity index (χ0n) is 12.6. The van der Waals surface area contributed by atoms with E-state index in [1.807, 2.05) is 6.07 Å². The molecule has 2 heterocycles. The summed E-state index contributed by atoms with van der Waals surface area (Å²) in [7, 11) is 0. The molecule has 1 aliphatic heterocycles. The van der Waals surface area contributed by atoms with E-state index < -0.39 is 17.6 Å². The van der Waals surface area contributed by atoms with Gasteiger partial charge < -0.3 is 20.2 Å². The summed E-state index contributed by atoms with van der Waals surface area (Å²) in [5.74, 6) is -0.530. The van der Waals surface area contributed by atoms with Crippen molar-refractivity contribution in [1.29, 1.82) is 0 Å². The van der Waals surface area contributed by atoms with E-state index in [0.29, 0.717) is 36.2 Å². The van der Waals surface area contributed by atoms with Crippen molar-refractivity contribution >= 4 is 32.8 Å². The van der Waals surface area contributed by atoms with Gasteiger partial charge in [-0.15, -0.1) is 0 Å². The molecule has 6 nitrogen and oxygen atoms in total. The summed E-state index contributed by atoms with van der Waals surface area (Å²) in [6.07, 6.45) is -0.486. The van der Waals surface area contributed by atoms with Crippen molar-refractivity contribution in [3.8, 4) is 0 Å². The predicted molar refractivity (Wildman–Crippen MR) is 89.6 cm³/mol. The molecule has 0 bridgehead atoms. The minimum absolute atomic E-state index is 0.0102. The van der Waals surface area contributed by atoms with Crippen LogP contribution < -0.4 is 16.3 Å². The fraction of sp³-hybridized carbons (Fsp3) is 0.375. The molecule has 122 valence electrons. The van der Waals surface area contributed by atoms with Crippen molar-refractivity contribution < 1.29 is 14.3 Å². The molecule has 1 saturated heterocycles. The van der Waals surface area contributed by atoms with E-state index in [1.54, 1.807) is 19.1 Å². The Kier molecular flexibility index (Phi) is 4.52. The maximum atomic E-state index is 12.4. The van der Waals surface area contributed by atoms with Gasteiger partial charge in [-0.1, -0.05) is 15.9 Å². The Morgan fingerprint density at radius 3 is 2.96 bits per heavy atom. The highest BCUT2D eigenvalue weighted by molar-refractivity contribution is 9.10. The third-order valence-electron chi connectivity index (χ3n) is 4.18. The second-order valence-electron chi connectivity index (χ2n) is 5.73. The molecule has 1 aliphatic rings. The van der Waals surface area contributed by atoms with Crippen molar-refractivity contribution in [3.63, 3.8) is 0 Å². The van der Waals surface area contributed by atoms with Gasteiger partial charge in [0.25, 0.3) is 5.91 Å². The van der Waals surface area contributed by atoms with Crippen LogP contribution in [0.5, 0.6) is 0 Å². The van der Waals surface area contributed by atoms with E-state index in [4.69, 9.17) is 4.42 Å². The normalized spacial score (nSPS) is 20.8. The lowest BCUT2D eigenvalue weighted by atomic mass is 10.0. The van der Waals surface area contributed by atoms with E-state index in [-0.39, 0.29) is 11.5 Å². The van der Waals surface area contributed by atoms with Crippen LogP contribution in [0.25, 0.3) is 11.0 Å². The summed E-state index contributed by atoms with van der Waals surface area (Å²) in [6, 6.07) is 5.28. The molecule has 2 atom stereocenters. The number of carbonyl (C=O) groups excluding carboxylic acids is 1. The maximum absolute atomic E-state index is 12.4. The molecule has 1 fully saturated rings. The number of rotatable bonds is 3. The highest BCUT2D eigenvalue weighted by Gasteiger charge is 2.26. The number of amides is 1. The number of halogens is 1. The van der Waals surface area contributed by atoms with Gasteiger partial charge in [-0.05, 0) is 30.7 Å². The topological polar surface area (TPSA) is 91.6 Å². The Hall–Kier alpha value is -1.70. The number of hydrogen-bond donors (Lipinski definition) is 3. The molecule has 2 unspecified atom stereocenters. The van der Waals surface area contributed by atoms with Gasteiger partial charge in [-0.25, -0.2) is 4.79 Å². The van der Waals surface area contributed by atoms with Gasteiger partial charge >= 0.3 is 5.63 Å². The number of aryl methyl sites for hydroxylation is 1. The largest absolute Gasteiger partial charge is 0.422 e. The number of carbonyl (C=O) groups is 1. The van der Waals surface area contributed by atoms with Crippen molar-refractivity contribution in [2.75, 3.05) is 19.6 Å². The maximum Gasteiger partial charge on any atom is 0.349 e. The van der Waals surface area contributed by atoms with Gasteiger partial charge in [-0.3, -0.25) is 4.79 Å². The zero-order chi connectivity index (χ0) is 16.6. The molecular formula is C16H17BrN2O4. The molecule has 7 heteroatoms. The van der Waals surface area contributed by atoms with Crippen LogP contribution in [0.1, 0.15) is 15.9 Å². The van der Waals surface area contributed by atoms with Crippen LogP contribution in [0, 0.1) is 12.8 Å². The Balaban J connectivity index is 1.89. The number of hydrogen-bond acceptors (Lipinski definition) is 5. The third kappa shape index (κ3) is 3.17. The van der Waals surface area contributed by atoms with Crippen molar-refractivity contribution in [3.05, 3.63) is 44.2 Å². The minimum Gasteiger partial charge on any atom is -0.422 e. The fourth-order valence-corrected chi connectivity index (χ4v) is 3.19. The molecule has 23 heavy (non-hydrogen) atoms. The molecule has 1 aromatic heterocycles. The Morgan fingerprint density at radius 2 is 2.26 bits per heavy atom. The van der Waals surface area contributed by atoms with Crippen molar-refractivity contribution in [2.45, 2.75) is 13.0 Å². The van der Waals surface area contributed by atoms with Crippen molar-refractivity contribution in [2.24, 2.45) is 5.92 Å². The summed E-state index contributed by atoms with van der Waals surface area (Å²) in [4.78, 5) is 24.5. The van der Waals surface area contributed by atoms with E-state index in [9.17, 15) is 14.7 Å². The van der Waals surface area contributed by atoms with Gasteiger partial charge in [0.1, 0.15) is 11.1 Å². The third-order valence-corrected chi connectivity index (χ3v) is 4.68. The Bertz CT molecular complexity index is 818. The van der Waals surface area contributed by atoms with Gasteiger partial charge in [0.15, 0.2) is 0 Å². The molecule has 0 spiro atoms. The first kappa shape index (κ1) is 16.2. The highest BCUT2D eigenvalue weighted by atomic mass is 79.9. The van der Waals surface area contributed by atoms with Gasteiger partial charge in [0.2, 0.25) is 0 Å². The zero-order valence-corrected chi connectivity index (χ0v) is 14.1. The lowest BCUT2D eigenvalue weighted by Crippen LogP contribution is -2.36. The van der Waals surface area contributed by atoms with Crippen LogP contribution in [-0.2, 0) is 0 Å². The minimum atomic E-state index is -0.653. The highest BCUT2D eigenvalue weighted by Crippen LogP contribution is 2.23. The molecule has 3 N–H and O–H groups in total. The van der Waals surface area contributed by atoms with Crippen LogP contribution in [0.3, 0.4) is 0 Å². The Morgan fingerprint density at radius 1 is 1.48 bits per heavy atom. The quantitative estimate of drug-likeness (QED) is 0.695. The summed E-state index contributed by atoms with van der Waals surface area (Å²) in [6.45, 7) is 3.19. The van der Waals surface area contributed by atoms with E-state index >= 15 is 0 Å². The first-order chi connectivity index (χ1) is 11.0. The molecule has 1 amide bonds. The lowest BCUT2D eigenvalue weighted by molar-refractivity contribution is 0.0923. The lowest BCUT2D eigenvalue weighted by Gasteiger charge is -2.14. The number of aliphatic hydroxyl groups excluding tert-OH is 1. The standard InChI is InChI=1S/C16H17BrN2O4/c1-8-11-4-10(17)2-3-13(11)23-16(22)14(8)15(21)19-6-9-5-18-7-12(9)20/h2-4,9,12,18,20H,5-7H2,1H3,(H,19,21). The van der Waals surface area contributed by atoms with Crippen LogP contribution in [0.2, 0.25) is 0 Å². The van der Waals surface area contributed by atoms with Gasteiger partial charge in [0.05, 0.1) is 6.10 Å². The van der Waals surface area contributed by atoms with Gasteiger partial charge in [-0.2, -0.15) is 0 Å². The molecular weight excluding hydrogens is 364 g/mol. The fourth-order valence-electron chi connectivity index (χ4n) is 2.83. The summed E-state index contributed by atoms with van der Waals surface area (Å²) < 4.78 is 6.08. The number of nitrogens with one attached hydrogen (secondary N) is 2. The first-order valence-corrected chi connectivity index (χ1v) is 8.16. The average Bonchev–Trinajstić information content (AvgIpc) is 2.91. The molecule has 3 rings (SSSR count). The predicted octanol–water partition coefficient (Wildman–Crippen LogP) is 1.17. The molecule has 0 saturated carbocycles. The molecule has 0 aliphatic carbocycles. The average molecular weight is 381 g/mol. The monoisotopic (exact) mass is 380 g/mol. The van der Waals surface area contributed by atoms with Crippen LogP contribution in [0.4, 0.5) is 0 Å². The number of benzene rings is 1. The number of aliphatic hydroxyl groups is 1. The SMILES string of the molecule is Cc1c(C(=O)NCC2CNCC2O)c(=O)oc2ccc(Br)cc12. The number of fused-ring (bicyclic) bond motifs is 1. The van der Waals surface area contributed by atoms with Crippen LogP contribution in [-0.4, -0.2) is 36.8 Å². The van der Waals surface area contributed by atoms with Crippen molar-refractivity contribution in [1.82, 2.24) is 10.6 Å². The Labute approximate surface area is 141 Å².